The van der Waals surface area contributed by atoms with Crippen molar-refractivity contribution in [2.75, 3.05) is 24.3 Å². The maximum atomic E-state index is 13.5. The third kappa shape index (κ3) is 4.46. The van der Waals surface area contributed by atoms with E-state index in [4.69, 9.17) is 16.3 Å². The molecule has 8 heteroatoms. The molecule has 1 heterocycles. The molecule has 0 radical (unpaired) electrons. The Bertz CT molecular complexity index is 1120. The van der Waals surface area contributed by atoms with Crippen LogP contribution in [0.1, 0.15) is 17.2 Å². The first-order chi connectivity index (χ1) is 14.9. The highest BCUT2D eigenvalue weighted by atomic mass is 35.5. The fourth-order valence-corrected chi connectivity index (χ4v) is 3.65. The molecule has 1 aliphatic heterocycles. The molecule has 3 aromatic carbocycles. The number of rotatable bonds is 4. The maximum Gasteiger partial charge on any atom is 0.322 e. The number of urea groups is 1. The highest BCUT2D eigenvalue weighted by molar-refractivity contribution is 6.34. The van der Waals surface area contributed by atoms with E-state index in [0.29, 0.717) is 17.1 Å². The van der Waals surface area contributed by atoms with Crippen molar-refractivity contribution in [1.29, 1.82) is 0 Å². The van der Waals surface area contributed by atoms with E-state index in [0.717, 1.165) is 11.1 Å². The minimum Gasteiger partial charge on any atom is -0.482 e. The molecule has 2 N–H and O–H groups in total. The van der Waals surface area contributed by atoms with Crippen LogP contribution in [-0.4, -0.2) is 30.5 Å². The molecule has 0 aromatic heterocycles. The Morgan fingerprint density at radius 2 is 1.81 bits per heavy atom. The van der Waals surface area contributed by atoms with Crippen LogP contribution in [0.2, 0.25) is 5.02 Å². The van der Waals surface area contributed by atoms with Gasteiger partial charge in [0.2, 0.25) is 0 Å². The number of benzene rings is 3. The molecule has 1 atom stereocenters. The Kier molecular flexibility index (Phi) is 5.77. The highest BCUT2D eigenvalue weighted by Gasteiger charge is 2.25. The van der Waals surface area contributed by atoms with Gasteiger partial charge in [0.1, 0.15) is 11.6 Å². The van der Waals surface area contributed by atoms with Gasteiger partial charge in [-0.25, -0.2) is 9.18 Å². The number of anilines is 2. The van der Waals surface area contributed by atoms with Crippen molar-refractivity contribution >= 4 is 34.9 Å². The van der Waals surface area contributed by atoms with Crippen LogP contribution in [0.25, 0.3) is 0 Å². The van der Waals surface area contributed by atoms with E-state index >= 15 is 0 Å². The fraction of sp³-hybridized carbons (Fsp3) is 0.130. The van der Waals surface area contributed by atoms with Crippen molar-refractivity contribution < 1.29 is 18.7 Å². The van der Waals surface area contributed by atoms with Crippen LogP contribution in [0.5, 0.6) is 5.75 Å². The van der Waals surface area contributed by atoms with Gasteiger partial charge >= 0.3 is 6.03 Å². The van der Waals surface area contributed by atoms with Gasteiger partial charge in [0.15, 0.2) is 6.61 Å². The zero-order valence-corrected chi connectivity index (χ0v) is 17.3. The van der Waals surface area contributed by atoms with Crippen molar-refractivity contribution in [3.63, 3.8) is 0 Å². The first-order valence-corrected chi connectivity index (χ1v) is 9.90. The zero-order chi connectivity index (χ0) is 22.0. The molecule has 4 rings (SSSR count). The molecule has 0 unspecified atom stereocenters. The molecule has 31 heavy (non-hydrogen) atoms. The van der Waals surface area contributed by atoms with Crippen molar-refractivity contribution in [1.82, 2.24) is 4.90 Å². The van der Waals surface area contributed by atoms with Crippen LogP contribution >= 0.6 is 11.6 Å². The largest absolute Gasteiger partial charge is 0.482 e. The SMILES string of the molecule is CN(C(=O)Nc1cc2c(cc1Cl)NC(=O)CO2)[C@H](c1ccccc1)c1ccc(F)cc1. The molecule has 3 aromatic rings. The Balaban J connectivity index is 1.62. The van der Waals surface area contributed by atoms with Gasteiger partial charge in [-0.3, -0.25) is 4.79 Å². The van der Waals surface area contributed by atoms with Gasteiger partial charge in [0.25, 0.3) is 5.91 Å². The minimum absolute atomic E-state index is 0.109. The summed E-state index contributed by atoms with van der Waals surface area (Å²) in [7, 11) is 1.65. The number of nitrogens with zero attached hydrogens (tertiary/aromatic N) is 1. The van der Waals surface area contributed by atoms with E-state index in [1.54, 1.807) is 25.2 Å². The first-order valence-electron chi connectivity index (χ1n) is 9.53. The summed E-state index contributed by atoms with van der Waals surface area (Å²) in [6, 6.07) is 17.7. The van der Waals surface area contributed by atoms with Crippen LogP contribution in [0.15, 0.2) is 66.7 Å². The number of nitrogens with one attached hydrogen (secondary N) is 2. The van der Waals surface area contributed by atoms with E-state index in [-0.39, 0.29) is 23.4 Å². The van der Waals surface area contributed by atoms with Gasteiger partial charge in [0, 0.05) is 13.1 Å². The zero-order valence-electron chi connectivity index (χ0n) is 16.6. The topological polar surface area (TPSA) is 70.7 Å². The van der Waals surface area contributed by atoms with Gasteiger partial charge in [-0.1, -0.05) is 54.1 Å². The summed E-state index contributed by atoms with van der Waals surface area (Å²) >= 11 is 6.31. The Hall–Kier alpha value is -3.58. The molecule has 6 nitrogen and oxygen atoms in total. The normalized spacial score (nSPS) is 13.5. The molecular weight excluding hydrogens is 421 g/mol. The van der Waals surface area contributed by atoms with Crippen molar-refractivity contribution in [3.8, 4) is 5.75 Å². The van der Waals surface area contributed by atoms with E-state index < -0.39 is 12.1 Å². The molecule has 0 saturated carbocycles. The lowest BCUT2D eigenvalue weighted by atomic mass is 9.97. The van der Waals surface area contributed by atoms with Crippen LogP contribution in [0.4, 0.5) is 20.6 Å². The summed E-state index contributed by atoms with van der Waals surface area (Å²) in [6.07, 6.45) is 0. The molecule has 0 spiro atoms. The smallest absolute Gasteiger partial charge is 0.322 e. The van der Waals surface area contributed by atoms with E-state index in [9.17, 15) is 14.0 Å². The summed E-state index contributed by atoms with van der Waals surface area (Å²) in [4.78, 5) is 26.1. The standard InChI is InChI=1S/C23H19ClFN3O3/c1-28(22(14-5-3-2-4-6-14)15-7-9-16(25)10-8-15)23(30)27-18-12-20-19(11-17(18)24)26-21(29)13-31-20/h2-12,22H,13H2,1H3,(H,26,29)(H,27,30)/t22-/m1/s1. The van der Waals surface area contributed by atoms with Gasteiger partial charge in [-0.05, 0) is 29.3 Å². The number of hydrogen-bond donors (Lipinski definition) is 2. The lowest BCUT2D eigenvalue weighted by molar-refractivity contribution is -0.118. The summed E-state index contributed by atoms with van der Waals surface area (Å²) in [5.41, 5.74) is 2.42. The minimum atomic E-state index is -0.450. The number of carbonyl (C=O) groups is 2. The lowest BCUT2D eigenvalue weighted by Crippen LogP contribution is -2.35. The van der Waals surface area contributed by atoms with Crippen molar-refractivity contribution in [2.45, 2.75) is 6.04 Å². The lowest BCUT2D eigenvalue weighted by Gasteiger charge is -2.29. The van der Waals surface area contributed by atoms with Crippen LogP contribution in [0.3, 0.4) is 0 Å². The Morgan fingerprint density at radius 1 is 1.13 bits per heavy atom. The molecular formula is C23H19ClFN3O3. The van der Waals surface area contributed by atoms with E-state index in [2.05, 4.69) is 10.6 Å². The van der Waals surface area contributed by atoms with Gasteiger partial charge in [-0.15, -0.1) is 0 Å². The molecule has 0 aliphatic carbocycles. The first kappa shape index (κ1) is 20.7. The molecule has 0 bridgehead atoms. The number of fused-ring (bicyclic) bond motifs is 1. The van der Waals surface area contributed by atoms with Crippen molar-refractivity contribution in [3.05, 3.63) is 88.7 Å². The third-order valence-electron chi connectivity index (χ3n) is 4.95. The van der Waals surface area contributed by atoms with Gasteiger partial charge in [-0.2, -0.15) is 0 Å². The summed E-state index contributed by atoms with van der Waals surface area (Å²) in [5, 5.41) is 5.71. The summed E-state index contributed by atoms with van der Waals surface area (Å²) < 4.78 is 18.9. The van der Waals surface area contributed by atoms with Gasteiger partial charge < -0.3 is 20.3 Å². The van der Waals surface area contributed by atoms with Crippen LogP contribution in [0, 0.1) is 5.82 Å². The number of carbonyl (C=O) groups excluding carboxylic acids is 2. The molecule has 158 valence electrons. The van der Waals surface area contributed by atoms with Crippen LogP contribution in [-0.2, 0) is 4.79 Å². The highest BCUT2D eigenvalue weighted by Crippen LogP contribution is 2.37. The van der Waals surface area contributed by atoms with Crippen molar-refractivity contribution in [2.24, 2.45) is 0 Å². The summed E-state index contributed by atoms with van der Waals surface area (Å²) in [5.74, 6) is -0.208. The average molecular weight is 440 g/mol. The predicted molar refractivity (Wildman–Crippen MR) is 117 cm³/mol. The van der Waals surface area contributed by atoms with Crippen LogP contribution < -0.4 is 15.4 Å². The average Bonchev–Trinajstić information content (AvgIpc) is 2.76. The Labute approximate surface area is 183 Å². The second kappa shape index (κ2) is 8.65. The molecule has 0 fully saturated rings. The quantitative estimate of drug-likeness (QED) is 0.596. The number of hydrogen-bond acceptors (Lipinski definition) is 3. The fourth-order valence-electron chi connectivity index (χ4n) is 3.44. The third-order valence-corrected chi connectivity index (χ3v) is 5.27. The van der Waals surface area contributed by atoms with Gasteiger partial charge in [0.05, 0.1) is 22.4 Å². The number of ether oxygens (including phenoxy) is 1. The monoisotopic (exact) mass is 439 g/mol. The Morgan fingerprint density at radius 3 is 2.52 bits per heavy atom. The molecule has 1 aliphatic rings. The van der Waals surface area contributed by atoms with E-state index in [1.807, 2.05) is 30.3 Å². The molecule has 3 amide bonds. The molecule has 0 saturated heterocycles. The maximum absolute atomic E-state index is 13.5. The number of halogens is 2. The van der Waals surface area contributed by atoms with E-state index in [1.165, 1.54) is 23.1 Å². The predicted octanol–water partition coefficient (Wildman–Crippen LogP) is 5.06. The second-order valence-corrected chi connectivity index (χ2v) is 7.48. The summed E-state index contributed by atoms with van der Waals surface area (Å²) in [6.45, 7) is -0.109. The number of amides is 3. The second-order valence-electron chi connectivity index (χ2n) is 7.07.